The van der Waals surface area contributed by atoms with Gasteiger partial charge in [-0.1, -0.05) is 33.1 Å². The topological polar surface area (TPSA) is 77.1 Å². The van der Waals surface area contributed by atoms with E-state index in [1.54, 1.807) is 0 Å². The maximum absolute atomic E-state index is 12.9. The van der Waals surface area contributed by atoms with Crippen LogP contribution in [-0.2, 0) is 6.42 Å². The number of Topliss-reactive ketones (excluding diaryl/α,β-unsaturated/α-hetero) is 1. The van der Waals surface area contributed by atoms with Gasteiger partial charge >= 0.3 is 0 Å². The number of aromatic nitrogens is 1. The summed E-state index contributed by atoms with van der Waals surface area (Å²) in [7, 11) is 0. The number of amides is 1. The van der Waals surface area contributed by atoms with Gasteiger partial charge in [0.2, 0.25) is 0 Å². The number of nitrogens with zero attached hydrogens (tertiary/aromatic N) is 1. The van der Waals surface area contributed by atoms with Gasteiger partial charge in [-0.3, -0.25) is 9.59 Å². The van der Waals surface area contributed by atoms with E-state index in [-0.39, 0.29) is 11.2 Å². The van der Waals surface area contributed by atoms with Gasteiger partial charge in [0.1, 0.15) is 0 Å². The molecule has 0 aliphatic heterocycles. The Hall–Kier alpha value is -2.56. The summed E-state index contributed by atoms with van der Waals surface area (Å²) in [6.45, 7) is 8.42. The number of carbonyl (C=O) groups is 2. The summed E-state index contributed by atoms with van der Waals surface area (Å²) in [5.74, 6) is -0.187. The number of fused-ring (bicyclic) bond motifs is 1. The molecule has 1 aromatic heterocycles. The molecule has 2 aliphatic rings. The molecule has 30 heavy (non-hydrogen) atoms. The molecule has 0 saturated heterocycles. The monoisotopic (exact) mass is 407 g/mol. The lowest BCUT2D eigenvalue weighted by Gasteiger charge is -2.30. The number of benzene rings is 1. The average Bonchev–Trinajstić information content (AvgIpc) is 2.91. The molecular weight excluding hydrogens is 374 g/mol. The van der Waals surface area contributed by atoms with Crippen LogP contribution in [-0.4, -0.2) is 22.3 Å². The summed E-state index contributed by atoms with van der Waals surface area (Å²) in [5, 5.41) is 3.59. The van der Waals surface area contributed by atoms with Crippen molar-refractivity contribution in [2.24, 2.45) is 11.1 Å². The largest absolute Gasteiger partial charge is 0.382 e. The highest BCUT2D eigenvalue weighted by atomic mass is 16.1. The fourth-order valence-corrected chi connectivity index (χ4v) is 5.28. The lowest BCUT2D eigenvalue weighted by molar-refractivity contribution is 0.0909. The van der Waals surface area contributed by atoms with Gasteiger partial charge in [0, 0.05) is 40.8 Å². The summed E-state index contributed by atoms with van der Waals surface area (Å²) in [4.78, 5) is 25.0. The normalized spacial score (nSPS) is 18.9. The van der Waals surface area contributed by atoms with E-state index in [2.05, 4.69) is 30.7 Å². The maximum atomic E-state index is 12.9. The molecule has 1 saturated carbocycles. The second-order valence-corrected chi connectivity index (χ2v) is 9.88. The van der Waals surface area contributed by atoms with E-state index in [1.165, 1.54) is 19.3 Å². The van der Waals surface area contributed by atoms with Crippen LogP contribution in [0.5, 0.6) is 0 Å². The SMILES string of the molecule is Cc1c2c(n(-c3ccc(C(N)=O)c(NC4CCCCC4)c3)c1C)CC(C)(C)CC2=O. The van der Waals surface area contributed by atoms with E-state index in [9.17, 15) is 9.59 Å². The Labute approximate surface area is 179 Å². The number of hydrogen-bond donors (Lipinski definition) is 2. The summed E-state index contributed by atoms with van der Waals surface area (Å²) in [5.41, 5.74) is 12.0. The van der Waals surface area contributed by atoms with E-state index < -0.39 is 5.91 Å². The lowest BCUT2D eigenvalue weighted by atomic mass is 9.75. The van der Waals surface area contributed by atoms with Crippen LogP contribution in [0.2, 0.25) is 0 Å². The van der Waals surface area contributed by atoms with Crippen molar-refractivity contribution >= 4 is 17.4 Å². The van der Waals surface area contributed by atoms with Gasteiger partial charge in [0.05, 0.1) is 5.56 Å². The zero-order valence-electron chi connectivity index (χ0n) is 18.6. The van der Waals surface area contributed by atoms with Gasteiger partial charge in [0.15, 0.2) is 5.78 Å². The van der Waals surface area contributed by atoms with E-state index in [1.807, 2.05) is 25.1 Å². The number of anilines is 1. The highest BCUT2D eigenvalue weighted by Crippen LogP contribution is 2.40. The van der Waals surface area contributed by atoms with Crippen molar-refractivity contribution in [1.82, 2.24) is 4.57 Å². The number of hydrogen-bond acceptors (Lipinski definition) is 3. The molecule has 3 N–H and O–H groups in total. The van der Waals surface area contributed by atoms with Crippen LogP contribution in [0.4, 0.5) is 5.69 Å². The molecule has 0 unspecified atom stereocenters. The molecule has 2 aromatic rings. The third kappa shape index (κ3) is 3.66. The number of nitrogens with one attached hydrogen (secondary N) is 1. The molecule has 1 amide bonds. The first-order chi connectivity index (χ1) is 14.2. The zero-order valence-corrected chi connectivity index (χ0v) is 18.6. The van der Waals surface area contributed by atoms with Crippen molar-refractivity contribution < 1.29 is 9.59 Å². The molecule has 0 bridgehead atoms. The number of carbonyl (C=O) groups excluding carboxylic acids is 2. The Kier molecular flexibility index (Phi) is 5.25. The van der Waals surface area contributed by atoms with Crippen LogP contribution < -0.4 is 11.1 Å². The van der Waals surface area contributed by atoms with E-state index in [0.29, 0.717) is 18.0 Å². The van der Waals surface area contributed by atoms with Gasteiger partial charge < -0.3 is 15.6 Å². The fourth-order valence-electron chi connectivity index (χ4n) is 5.28. The first kappa shape index (κ1) is 20.7. The lowest BCUT2D eigenvalue weighted by Crippen LogP contribution is -2.28. The number of nitrogens with two attached hydrogens (primary N) is 1. The molecular formula is C25H33N3O2. The van der Waals surface area contributed by atoms with Crippen molar-refractivity contribution in [3.05, 3.63) is 46.3 Å². The van der Waals surface area contributed by atoms with Crippen molar-refractivity contribution in [2.45, 2.75) is 78.7 Å². The molecule has 4 rings (SSSR count). The van der Waals surface area contributed by atoms with Gasteiger partial charge in [-0.15, -0.1) is 0 Å². The Morgan fingerprint density at radius 1 is 1.13 bits per heavy atom. The summed E-state index contributed by atoms with van der Waals surface area (Å²) in [6.07, 6.45) is 7.36. The zero-order chi connectivity index (χ0) is 21.6. The minimum Gasteiger partial charge on any atom is -0.382 e. The average molecular weight is 408 g/mol. The Bertz CT molecular complexity index is 1010. The highest BCUT2D eigenvalue weighted by molar-refractivity contribution is 6.01. The third-order valence-electron chi connectivity index (χ3n) is 6.87. The van der Waals surface area contributed by atoms with Crippen LogP contribution >= 0.6 is 0 Å². The molecule has 2 aliphatic carbocycles. The standard InChI is InChI=1S/C25H33N3O2/c1-15-16(2)28(21-13-25(3,4)14-22(29)23(15)21)18-10-11-19(24(26)30)20(12-18)27-17-8-6-5-7-9-17/h10-12,17,27H,5-9,13-14H2,1-4H3,(H2,26,30). The Morgan fingerprint density at radius 2 is 1.83 bits per heavy atom. The van der Waals surface area contributed by atoms with Crippen LogP contribution in [0, 0.1) is 19.3 Å². The van der Waals surface area contributed by atoms with Crippen LogP contribution in [0.25, 0.3) is 5.69 Å². The predicted octanol–water partition coefficient (Wildman–Crippen LogP) is 5.09. The van der Waals surface area contributed by atoms with Crippen LogP contribution in [0.15, 0.2) is 18.2 Å². The summed E-state index contributed by atoms with van der Waals surface area (Å²) in [6, 6.07) is 6.17. The van der Waals surface area contributed by atoms with Crippen LogP contribution in [0.3, 0.4) is 0 Å². The maximum Gasteiger partial charge on any atom is 0.250 e. The smallest absolute Gasteiger partial charge is 0.250 e. The Balaban J connectivity index is 1.81. The molecule has 0 spiro atoms. The number of primary amides is 1. The Morgan fingerprint density at radius 3 is 2.50 bits per heavy atom. The molecule has 1 fully saturated rings. The van der Waals surface area contributed by atoms with Gasteiger partial charge in [-0.25, -0.2) is 0 Å². The molecule has 5 heteroatoms. The molecule has 1 heterocycles. The van der Waals surface area contributed by atoms with Crippen molar-refractivity contribution in [1.29, 1.82) is 0 Å². The highest BCUT2D eigenvalue weighted by Gasteiger charge is 2.36. The summed E-state index contributed by atoms with van der Waals surface area (Å²) >= 11 is 0. The molecule has 0 radical (unpaired) electrons. The van der Waals surface area contributed by atoms with E-state index >= 15 is 0 Å². The van der Waals surface area contributed by atoms with Crippen LogP contribution in [0.1, 0.15) is 90.0 Å². The molecule has 160 valence electrons. The first-order valence-corrected chi connectivity index (χ1v) is 11.1. The second-order valence-electron chi connectivity index (χ2n) is 9.88. The predicted molar refractivity (Wildman–Crippen MR) is 121 cm³/mol. The van der Waals surface area contributed by atoms with Crippen molar-refractivity contribution in [3.8, 4) is 5.69 Å². The molecule has 0 atom stereocenters. The van der Waals surface area contributed by atoms with Gasteiger partial charge in [-0.2, -0.15) is 0 Å². The third-order valence-corrected chi connectivity index (χ3v) is 6.87. The van der Waals surface area contributed by atoms with E-state index in [4.69, 9.17) is 5.73 Å². The first-order valence-electron chi connectivity index (χ1n) is 11.1. The molecule has 5 nitrogen and oxygen atoms in total. The number of rotatable bonds is 4. The summed E-state index contributed by atoms with van der Waals surface area (Å²) < 4.78 is 2.21. The van der Waals surface area contributed by atoms with Gasteiger partial charge in [0.25, 0.3) is 5.91 Å². The van der Waals surface area contributed by atoms with Crippen molar-refractivity contribution in [2.75, 3.05) is 5.32 Å². The fraction of sp³-hybridized carbons (Fsp3) is 0.520. The van der Waals surface area contributed by atoms with Crippen molar-refractivity contribution in [3.63, 3.8) is 0 Å². The molecule has 1 aromatic carbocycles. The minimum absolute atomic E-state index is 0.0601. The minimum atomic E-state index is -0.418. The second kappa shape index (κ2) is 7.60. The quantitative estimate of drug-likeness (QED) is 0.741. The number of ketones is 1. The van der Waals surface area contributed by atoms with Gasteiger partial charge in [-0.05, 0) is 62.3 Å². The van der Waals surface area contributed by atoms with E-state index in [0.717, 1.165) is 53.2 Å².